The van der Waals surface area contributed by atoms with E-state index in [2.05, 4.69) is 10.3 Å². The molecule has 0 aliphatic rings. The highest BCUT2D eigenvalue weighted by Crippen LogP contribution is 1.95. The third kappa shape index (κ3) is 3.55. The molecule has 0 unspecified atom stereocenters. The molecular formula is C10H16ClN3O. The summed E-state index contributed by atoms with van der Waals surface area (Å²) in [5.41, 5.74) is -0.0612. The van der Waals surface area contributed by atoms with Gasteiger partial charge in [0.05, 0.1) is 0 Å². The van der Waals surface area contributed by atoms with E-state index in [1.807, 2.05) is 6.92 Å². The summed E-state index contributed by atoms with van der Waals surface area (Å²) >= 11 is 5.54. The van der Waals surface area contributed by atoms with Gasteiger partial charge in [0.15, 0.2) is 5.82 Å². The van der Waals surface area contributed by atoms with Crippen molar-refractivity contribution in [2.75, 3.05) is 17.7 Å². The van der Waals surface area contributed by atoms with Crippen molar-refractivity contribution >= 4 is 17.4 Å². The highest BCUT2D eigenvalue weighted by molar-refractivity contribution is 6.17. The second-order valence-electron chi connectivity index (χ2n) is 3.24. The minimum Gasteiger partial charge on any atom is -0.365 e. The summed E-state index contributed by atoms with van der Waals surface area (Å²) in [5, 5.41) is 2.98. The van der Waals surface area contributed by atoms with E-state index in [-0.39, 0.29) is 5.56 Å². The van der Waals surface area contributed by atoms with Crippen molar-refractivity contribution in [1.82, 2.24) is 9.55 Å². The molecule has 0 spiro atoms. The summed E-state index contributed by atoms with van der Waals surface area (Å²) in [4.78, 5) is 15.8. The van der Waals surface area contributed by atoms with Crippen LogP contribution < -0.4 is 10.9 Å². The molecule has 0 saturated heterocycles. The van der Waals surface area contributed by atoms with Crippen molar-refractivity contribution in [2.24, 2.45) is 0 Å². The maximum Gasteiger partial charge on any atom is 0.293 e. The minimum absolute atomic E-state index is 0.0612. The number of anilines is 1. The number of hydrogen-bond donors (Lipinski definition) is 1. The molecule has 1 N–H and O–H groups in total. The molecule has 0 aliphatic carbocycles. The van der Waals surface area contributed by atoms with E-state index < -0.39 is 0 Å². The molecule has 1 heterocycles. The molecule has 1 aromatic heterocycles. The van der Waals surface area contributed by atoms with Crippen molar-refractivity contribution < 1.29 is 0 Å². The SMILES string of the molecule is CCCn1ccnc(NCCCCl)c1=O. The second kappa shape index (κ2) is 6.45. The standard InChI is InChI=1S/C10H16ClN3O/c1-2-7-14-8-6-13-9(10(14)15)12-5-3-4-11/h6,8H,2-5,7H2,1H3,(H,12,13). The molecule has 1 aromatic rings. The molecule has 0 aliphatic heterocycles. The molecule has 0 saturated carbocycles. The number of nitrogens with zero attached hydrogens (tertiary/aromatic N) is 2. The Morgan fingerprint density at radius 3 is 3.07 bits per heavy atom. The van der Waals surface area contributed by atoms with Crippen LogP contribution in [0.25, 0.3) is 0 Å². The minimum atomic E-state index is -0.0612. The summed E-state index contributed by atoms with van der Waals surface area (Å²) in [5.74, 6) is 0.999. The van der Waals surface area contributed by atoms with Crippen LogP contribution in [0.1, 0.15) is 19.8 Å². The lowest BCUT2D eigenvalue weighted by Crippen LogP contribution is -2.24. The molecule has 84 valence electrons. The summed E-state index contributed by atoms with van der Waals surface area (Å²) in [6.45, 7) is 3.45. The molecule has 0 aromatic carbocycles. The topological polar surface area (TPSA) is 46.9 Å². The monoisotopic (exact) mass is 229 g/mol. The van der Waals surface area contributed by atoms with Crippen LogP contribution in [0.4, 0.5) is 5.82 Å². The van der Waals surface area contributed by atoms with Gasteiger partial charge in [0.2, 0.25) is 0 Å². The first-order valence-electron chi connectivity index (χ1n) is 5.15. The Bertz CT molecular complexity index is 351. The van der Waals surface area contributed by atoms with Gasteiger partial charge in [-0.3, -0.25) is 4.79 Å². The van der Waals surface area contributed by atoms with Crippen LogP contribution in [0.5, 0.6) is 0 Å². The largest absolute Gasteiger partial charge is 0.365 e. The number of hydrogen-bond acceptors (Lipinski definition) is 3. The Balaban J connectivity index is 2.71. The van der Waals surface area contributed by atoms with Gasteiger partial charge in [0.25, 0.3) is 5.56 Å². The Morgan fingerprint density at radius 1 is 1.60 bits per heavy atom. The zero-order chi connectivity index (χ0) is 11.1. The number of alkyl halides is 1. The zero-order valence-corrected chi connectivity index (χ0v) is 9.63. The number of rotatable bonds is 6. The first kappa shape index (κ1) is 12.0. The van der Waals surface area contributed by atoms with E-state index in [1.54, 1.807) is 17.0 Å². The maximum absolute atomic E-state index is 11.8. The molecule has 0 amide bonds. The van der Waals surface area contributed by atoms with E-state index in [0.717, 1.165) is 19.4 Å². The summed E-state index contributed by atoms with van der Waals surface area (Å²) < 4.78 is 1.66. The second-order valence-corrected chi connectivity index (χ2v) is 3.62. The third-order valence-electron chi connectivity index (χ3n) is 1.98. The molecule has 1 rings (SSSR count). The molecule has 5 heteroatoms. The van der Waals surface area contributed by atoms with Crippen LogP contribution in [-0.2, 0) is 6.54 Å². The maximum atomic E-state index is 11.8. The smallest absolute Gasteiger partial charge is 0.293 e. The van der Waals surface area contributed by atoms with Crippen molar-refractivity contribution in [3.63, 3.8) is 0 Å². The van der Waals surface area contributed by atoms with E-state index >= 15 is 0 Å². The molecule has 0 radical (unpaired) electrons. The fraction of sp³-hybridized carbons (Fsp3) is 0.600. The molecule has 15 heavy (non-hydrogen) atoms. The first-order valence-corrected chi connectivity index (χ1v) is 5.68. The highest BCUT2D eigenvalue weighted by Gasteiger charge is 2.02. The van der Waals surface area contributed by atoms with Crippen LogP contribution in [-0.4, -0.2) is 22.0 Å². The molecule has 0 bridgehead atoms. The van der Waals surface area contributed by atoms with Gasteiger partial charge in [0.1, 0.15) is 0 Å². The van der Waals surface area contributed by atoms with Crippen LogP contribution in [0.15, 0.2) is 17.2 Å². The Hall–Kier alpha value is -1.03. The molecular weight excluding hydrogens is 214 g/mol. The van der Waals surface area contributed by atoms with E-state index in [4.69, 9.17) is 11.6 Å². The number of aromatic nitrogens is 2. The Kier molecular flexibility index (Phi) is 5.18. The summed E-state index contributed by atoms with van der Waals surface area (Å²) in [6, 6.07) is 0. The summed E-state index contributed by atoms with van der Waals surface area (Å²) in [6.07, 6.45) is 5.11. The van der Waals surface area contributed by atoms with Gasteiger partial charge >= 0.3 is 0 Å². The van der Waals surface area contributed by atoms with E-state index in [1.165, 1.54) is 0 Å². The van der Waals surface area contributed by atoms with Gasteiger partial charge in [-0.25, -0.2) is 4.98 Å². The van der Waals surface area contributed by atoms with Gasteiger partial charge in [0, 0.05) is 31.4 Å². The van der Waals surface area contributed by atoms with E-state index in [9.17, 15) is 4.79 Å². The van der Waals surface area contributed by atoms with Gasteiger partial charge < -0.3 is 9.88 Å². The lowest BCUT2D eigenvalue weighted by atomic mass is 10.4. The Labute approximate surface area is 94.3 Å². The van der Waals surface area contributed by atoms with Crippen molar-refractivity contribution in [1.29, 1.82) is 0 Å². The average Bonchev–Trinajstić information content (AvgIpc) is 2.24. The van der Waals surface area contributed by atoms with Crippen molar-refractivity contribution in [3.05, 3.63) is 22.7 Å². The zero-order valence-electron chi connectivity index (χ0n) is 8.87. The van der Waals surface area contributed by atoms with Crippen molar-refractivity contribution in [2.45, 2.75) is 26.3 Å². The lowest BCUT2D eigenvalue weighted by Gasteiger charge is -2.07. The predicted molar refractivity (Wildman–Crippen MR) is 62.6 cm³/mol. The van der Waals surface area contributed by atoms with Crippen LogP contribution in [0.2, 0.25) is 0 Å². The Morgan fingerprint density at radius 2 is 2.40 bits per heavy atom. The third-order valence-corrected chi connectivity index (χ3v) is 2.25. The fourth-order valence-electron chi connectivity index (χ4n) is 1.26. The molecule has 4 nitrogen and oxygen atoms in total. The predicted octanol–water partition coefficient (Wildman–Crippen LogP) is 1.69. The van der Waals surface area contributed by atoms with Gasteiger partial charge in [-0.05, 0) is 12.8 Å². The normalized spacial score (nSPS) is 10.3. The lowest BCUT2D eigenvalue weighted by molar-refractivity contribution is 0.649. The molecule has 0 fully saturated rings. The van der Waals surface area contributed by atoms with Gasteiger partial charge in [-0.1, -0.05) is 6.92 Å². The number of aryl methyl sites for hydroxylation is 1. The van der Waals surface area contributed by atoms with Crippen LogP contribution >= 0.6 is 11.6 Å². The van der Waals surface area contributed by atoms with Crippen molar-refractivity contribution in [3.8, 4) is 0 Å². The number of halogens is 1. The number of nitrogens with one attached hydrogen (secondary N) is 1. The van der Waals surface area contributed by atoms with Gasteiger partial charge in [-0.2, -0.15) is 0 Å². The quantitative estimate of drug-likeness (QED) is 0.597. The van der Waals surface area contributed by atoms with Crippen LogP contribution in [0, 0.1) is 0 Å². The summed E-state index contributed by atoms with van der Waals surface area (Å²) in [7, 11) is 0. The fourth-order valence-corrected chi connectivity index (χ4v) is 1.39. The van der Waals surface area contributed by atoms with Gasteiger partial charge in [-0.15, -0.1) is 11.6 Å². The molecule has 0 atom stereocenters. The van der Waals surface area contributed by atoms with E-state index in [0.29, 0.717) is 18.2 Å². The first-order chi connectivity index (χ1) is 7.29. The van der Waals surface area contributed by atoms with Crippen LogP contribution in [0.3, 0.4) is 0 Å². The average molecular weight is 230 g/mol. The highest BCUT2D eigenvalue weighted by atomic mass is 35.5.